The van der Waals surface area contributed by atoms with Crippen molar-refractivity contribution in [3.8, 4) is 0 Å². The van der Waals surface area contributed by atoms with Crippen molar-refractivity contribution >= 4 is 17.5 Å². The molecule has 4 heteroatoms. The lowest BCUT2D eigenvalue weighted by Crippen LogP contribution is -2.12. The molecular weight excluding hydrogens is 184 g/mol. The van der Waals surface area contributed by atoms with Crippen LogP contribution in [-0.2, 0) is 19.1 Å². The summed E-state index contributed by atoms with van der Waals surface area (Å²) in [5.74, 6) is -0.978. The fourth-order valence-electron chi connectivity index (χ4n) is 0.725. The van der Waals surface area contributed by atoms with Gasteiger partial charge in [0.15, 0.2) is 5.78 Å². The van der Waals surface area contributed by atoms with E-state index in [4.69, 9.17) is 0 Å². The summed E-state index contributed by atoms with van der Waals surface area (Å²) in [6.45, 7) is 6.37. The van der Waals surface area contributed by atoms with Gasteiger partial charge in [0.1, 0.15) is 12.2 Å². The highest BCUT2D eigenvalue weighted by Gasteiger charge is 2.08. The van der Waals surface area contributed by atoms with Crippen molar-refractivity contribution < 1.29 is 19.1 Å². The van der Waals surface area contributed by atoms with Crippen molar-refractivity contribution in [2.75, 3.05) is 6.61 Å². The molecule has 0 aromatic carbocycles. The van der Waals surface area contributed by atoms with E-state index in [0.29, 0.717) is 5.57 Å². The number of esters is 1. The molecule has 0 aliphatic carbocycles. The summed E-state index contributed by atoms with van der Waals surface area (Å²) < 4.78 is 4.65. The normalized spacial score (nSPS) is 9.29. The number of rotatable bonds is 6. The predicted molar refractivity (Wildman–Crippen MR) is 50.7 cm³/mol. The summed E-state index contributed by atoms with van der Waals surface area (Å²) >= 11 is 0. The Bertz CT molecular complexity index is 265. The average Bonchev–Trinajstić information content (AvgIpc) is 2.02. The minimum atomic E-state index is -0.591. The molecule has 0 unspecified atom stereocenters. The molecule has 0 aliphatic heterocycles. The molecule has 0 aromatic rings. The Morgan fingerprint density at radius 3 is 2.21 bits per heavy atom. The lowest BCUT2D eigenvalue weighted by Gasteiger charge is -2.02. The number of hydrogen-bond acceptors (Lipinski definition) is 4. The molecule has 0 N–H and O–H groups in total. The van der Waals surface area contributed by atoms with Crippen molar-refractivity contribution in [2.24, 2.45) is 0 Å². The van der Waals surface area contributed by atoms with E-state index in [2.05, 4.69) is 11.3 Å². The van der Waals surface area contributed by atoms with Gasteiger partial charge in [-0.3, -0.25) is 14.4 Å². The Balaban J connectivity index is 3.64. The zero-order valence-electron chi connectivity index (χ0n) is 8.46. The first-order valence-corrected chi connectivity index (χ1v) is 4.27. The molecule has 14 heavy (non-hydrogen) atoms. The van der Waals surface area contributed by atoms with Crippen molar-refractivity contribution in [1.29, 1.82) is 0 Å². The van der Waals surface area contributed by atoms with Crippen LogP contribution in [0.5, 0.6) is 0 Å². The Morgan fingerprint density at radius 1 is 1.21 bits per heavy atom. The van der Waals surface area contributed by atoms with Gasteiger partial charge >= 0.3 is 5.97 Å². The first-order chi connectivity index (χ1) is 6.43. The molecule has 0 aliphatic rings. The molecule has 4 nitrogen and oxygen atoms in total. The van der Waals surface area contributed by atoms with Crippen molar-refractivity contribution in [2.45, 2.75) is 26.7 Å². The second-order valence-corrected chi connectivity index (χ2v) is 3.05. The molecule has 0 heterocycles. The fraction of sp³-hybridized carbons (Fsp3) is 0.500. The number of carbonyl (C=O) groups is 3. The first kappa shape index (κ1) is 12.6. The third kappa shape index (κ3) is 6.11. The smallest absolute Gasteiger partial charge is 0.313 e. The van der Waals surface area contributed by atoms with Crippen LogP contribution in [-0.4, -0.2) is 24.1 Å². The highest BCUT2D eigenvalue weighted by molar-refractivity contribution is 5.95. The van der Waals surface area contributed by atoms with Gasteiger partial charge in [-0.15, -0.1) is 0 Å². The molecule has 0 amide bonds. The summed E-state index contributed by atoms with van der Waals surface area (Å²) in [5.41, 5.74) is 0.438. The van der Waals surface area contributed by atoms with E-state index >= 15 is 0 Å². The summed E-state index contributed by atoms with van der Waals surface area (Å²) in [6, 6.07) is 0. The van der Waals surface area contributed by atoms with Crippen LogP contribution in [0, 0.1) is 0 Å². The van der Waals surface area contributed by atoms with Gasteiger partial charge in [0.05, 0.1) is 6.61 Å². The molecule has 0 aromatic heterocycles. The van der Waals surface area contributed by atoms with Crippen LogP contribution in [0.3, 0.4) is 0 Å². The molecular formula is C10H14O4. The zero-order valence-corrected chi connectivity index (χ0v) is 8.46. The van der Waals surface area contributed by atoms with E-state index in [1.54, 1.807) is 6.92 Å². The second kappa shape index (κ2) is 6.07. The monoisotopic (exact) mass is 198 g/mol. The molecule has 0 fully saturated rings. The van der Waals surface area contributed by atoms with E-state index < -0.39 is 5.97 Å². The number of allylic oxidation sites excluding steroid dienone is 1. The largest absolute Gasteiger partial charge is 0.465 e. The molecule has 78 valence electrons. The fourth-order valence-corrected chi connectivity index (χ4v) is 0.725. The molecule has 0 radical (unpaired) electrons. The number of ether oxygens (including phenoxy) is 1. The topological polar surface area (TPSA) is 60.4 Å². The highest BCUT2D eigenvalue weighted by Crippen LogP contribution is 1.97. The Kier molecular flexibility index (Phi) is 5.44. The van der Waals surface area contributed by atoms with E-state index in [-0.39, 0.29) is 31.0 Å². The van der Waals surface area contributed by atoms with Crippen LogP contribution in [0.2, 0.25) is 0 Å². The van der Waals surface area contributed by atoms with Crippen LogP contribution >= 0.6 is 0 Å². The van der Waals surface area contributed by atoms with Gasteiger partial charge in [0.25, 0.3) is 0 Å². The van der Waals surface area contributed by atoms with Gasteiger partial charge in [0, 0.05) is 6.42 Å². The summed E-state index contributed by atoms with van der Waals surface area (Å²) in [5, 5.41) is 0. The van der Waals surface area contributed by atoms with Crippen molar-refractivity contribution in [1.82, 2.24) is 0 Å². The quantitative estimate of drug-likeness (QED) is 0.363. The van der Waals surface area contributed by atoms with Crippen LogP contribution in [0.1, 0.15) is 26.7 Å². The maximum atomic E-state index is 11.0. The average molecular weight is 198 g/mol. The molecule has 0 atom stereocenters. The maximum absolute atomic E-state index is 11.0. The van der Waals surface area contributed by atoms with E-state index in [0.717, 1.165) is 0 Å². The summed E-state index contributed by atoms with van der Waals surface area (Å²) in [6.07, 6.45) is -0.111. The highest BCUT2D eigenvalue weighted by atomic mass is 16.5. The van der Waals surface area contributed by atoms with Gasteiger partial charge in [-0.2, -0.15) is 0 Å². The Morgan fingerprint density at radius 2 is 1.79 bits per heavy atom. The van der Waals surface area contributed by atoms with Gasteiger partial charge < -0.3 is 4.74 Å². The van der Waals surface area contributed by atoms with Gasteiger partial charge in [-0.05, 0) is 19.4 Å². The predicted octanol–water partition coefficient (Wildman–Crippen LogP) is 1.04. The zero-order chi connectivity index (χ0) is 11.1. The van der Waals surface area contributed by atoms with Gasteiger partial charge in [0.2, 0.25) is 0 Å². The molecule has 0 spiro atoms. The number of Topliss-reactive ketones (excluding diaryl/α,β-unsaturated/α-hetero) is 2. The van der Waals surface area contributed by atoms with E-state index in [9.17, 15) is 14.4 Å². The standard InChI is InChI=1S/C10H14O4/c1-7(2)9(12)4-5-14-10(13)6-8(3)11/h1,4-6H2,2-3H3. The molecule has 0 rings (SSSR count). The Hall–Kier alpha value is -1.45. The minimum Gasteiger partial charge on any atom is -0.465 e. The lowest BCUT2D eigenvalue weighted by atomic mass is 10.2. The van der Waals surface area contributed by atoms with Crippen LogP contribution < -0.4 is 0 Å². The molecule has 0 saturated heterocycles. The summed E-state index contributed by atoms with van der Waals surface area (Å²) in [4.78, 5) is 32.3. The Labute approximate surface area is 82.9 Å². The number of ketones is 2. The van der Waals surface area contributed by atoms with E-state index in [1.165, 1.54) is 6.92 Å². The molecule has 0 bridgehead atoms. The lowest BCUT2D eigenvalue weighted by molar-refractivity contribution is -0.145. The third-order valence-electron chi connectivity index (χ3n) is 1.46. The second-order valence-electron chi connectivity index (χ2n) is 3.05. The van der Waals surface area contributed by atoms with Crippen molar-refractivity contribution in [3.63, 3.8) is 0 Å². The number of hydrogen-bond donors (Lipinski definition) is 0. The van der Waals surface area contributed by atoms with Crippen LogP contribution in [0.15, 0.2) is 12.2 Å². The first-order valence-electron chi connectivity index (χ1n) is 4.27. The SMILES string of the molecule is C=C(C)C(=O)CCOC(=O)CC(C)=O. The van der Waals surface area contributed by atoms with Gasteiger partial charge in [-0.1, -0.05) is 6.58 Å². The van der Waals surface area contributed by atoms with Crippen molar-refractivity contribution in [3.05, 3.63) is 12.2 Å². The third-order valence-corrected chi connectivity index (χ3v) is 1.46. The molecule has 0 saturated carbocycles. The van der Waals surface area contributed by atoms with Gasteiger partial charge in [-0.25, -0.2) is 0 Å². The van der Waals surface area contributed by atoms with E-state index in [1.807, 2.05) is 0 Å². The van der Waals surface area contributed by atoms with Crippen LogP contribution in [0.25, 0.3) is 0 Å². The maximum Gasteiger partial charge on any atom is 0.313 e. The van der Waals surface area contributed by atoms with Crippen LogP contribution in [0.4, 0.5) is 0 Å². The minimum absolute atomic E-state index is 0.0117. The summed E-state index contributed by atoms with van der Waals surface area (Å²) in [7, 11) is 0. The number of carbonyl (C=O) groups excluding carboxylic acids is 3.